The highest BCUT2D eigenvalue weighted by Crippen LogP contribution is 2.26. The lowest BCUT2D eigenvalue weighted by atomic mass is 10.0. The van der Waals surface area contributed by atoms with Crippen molar-refractivity contribution >= 4 is 23.2 Å². The van der Waals surface area contributed by atoms with E-state index in [0.29, 0.717) is 5.69 Å². The summed E-state index contributed by atoms with van der Waals surface area (Å²) in [4.78, 5) is 34.2. The SMILES string of the molecule is NONC(=O)CN1C(=O)CN=C(c2ccccc2)c2ccccc21. The van der Waals surface area contributed by atoms with Gasteiger partial charge in [0.15, 0.2) is 0 Å². The average Bonchev–Trinajstić information content (AvgIpc) is 2.74. The molecule has 0 spiro atoms. The van der Waals surface area contributed by atoms with Crippen molar-refractivity contribution in [2.24, 2.45) is 10.9 Å². The molecule has 1 aliphatic rings. The third-order valence-corrected chi connectivity index (χ3v) is 3.65. The topological polar surface area (TPSA) is 97.0 Å². The molecule has 0 aliphatic carbocycles. The Morgan fingerprint density at radius 2 is 1.88 bits per heavy atom. The lowest BCUT2D eigenvalue weighted by molar-refractivity contribution is -0.133. The summed E-state index contributed by atoms with van der Waals surface area (Å²) in [5.74, 6) is 4.03. The Morgan fingerprint density at radius 1 is 1.17 bits per heavy atom. The number of carbonyl (C=O) groups excluding carboxylic acids is 2. The van der Waals surface area contributed by atoms with Gasteiger partial charge in [-0.2, -0.15) is 10.8 Å². The first kappa shape index (κ1) is 15.9. The van der Waals surface area contributed by atoms with Gasteiger partial charge in [-0.05, 0) is 6.07 Å². The summed E-state index contributed by atoms with van der Waals surface area (Å²) in [6.45, 7) is -0.250. The molecule has 3 rings (SSSR count). The van der Waals surface area contributed by atoms with Crippen molar-refractivity contribution in [2.45, 2.75) is 0 Å². The standard InChI is InChI=1S/C17H16N4O3/c18-24-20-15(22)11-21-14-9-5-4-8-13(14)17(19-10-16(21)23)12-6-2-1-3-7-12/h1-9H,10-11,18H2,(H,20,22). The van der Waals surface area contributed by atoms with Gasteiger partial charge in [0.1, 0.15) is 13.1 Å². The van der Waals surface area contributed by atoms with Crippen LogP contribution in [0, 0.1) is 0 Å². The minimum atomic E-state index is -0.524. The minimum Gasteiger partial charge on any atom is -0.301 e. The summed E-state index contributed by atoms with van der Waals surface area (Å²) >= 11 is 0. The van der Waals surface area contributed by atoms with Crippen LogP contribution >= 0.6 is 0 Å². The molecule has 0 bridgehead atoms. The van der Waals surface area contributed by atoms with Gasteiger partial charge in [0, 0.05) is 11.1 Å². The molecule has 0 saturated carbocycles. The Kier molecular flexibility index (Phi) is 4.64. The van der Waals surface area contributed by atoms with Crippen molar-refractivity contribution in [3.05, 3.63) is 65.7 Å². The number of rotatable bonds is 4. The van der Waals surface area contributed by atoms with Crippen LogP contribution in [0.25, 0.3) is 0 Å². The zero-order valence-corrected chi connectivity index (χ0v) is 12.8. The van der Waals surface area contributed by atoms with E-state index < -0.39 is 5.91 Å². The minimum absolute atomic E-state index is 0.0460. The van der Waals surface area contributed by atoms with Crippen LogP contribution in [0.1, 0.15) is 11.1 Å². The van der Waals surface area contributed by atoms with E-state index in [1.54, 1.807) is 6.07 Å². The molecule has 1 heterocycles. The molecular formula is C17H16N4O3. The van der Waals surface area contributed by atoms with Crippen LogP contribution < -0.4 is 16.3 Å². The third-order valence-electron chi connectivity index (χ3n) is 3.65. The fraction of sp³-hybridized carbons (Fsp3) is 0.118. The molecule has 2 aromatic rings. The number of carbonyl (C=O) groups is 2. The van der Waals surface area contributed by atoms with Crippen LogP contribution in [-0.2, 0) is 14.5 Å². The van der Waals surface area contributed by atoms with Crippen LogP contribution in [0.15, 0.2) is 59.6 Å². The average molecular weight is 324 g/mol. The fourth-order valence-corrected chi connectivity index (χ4v) is 2.62. The van der Waals surface area contributed by atoms with Crippen LogP contribution in [-0.4, -0.2) is 30.6 Å². The van der Waals surface area contributed by atoms with Crippen molar-refractivity contribution in [2.75, 3.05) is 18.0 Å². The molecule has 0 fully saturated rings. The highest BCUT2D eigenvalue weighted by Gasteiger charge is 2.26. The second-order valence-electron chi connectivity index (χ2n) is 5.17. The molecule has 7 heteroatoms. The number of hydrogen-bond acceptors (Lipinski definition) is 5. The largest absolute Gasteiger partial charge is 0.301 e. The molecule has 0 atom stereocenters. The van der Waals surface area contributed by atoms with Gasteiger partial charge in [-0.3, -0.25) is 14.6 Å². The molecule has 2 amide bonds. The van der Waals surface area contributed by atoms with Crippen molar-refractivity contribution in [3.63, 3.8) is 0 Å². The lowest BCUT2D eigenvalue weighted by Crippen LogP contribution is -2.42. The summed E-state index contributed by atoms with van der Waals surface area (Å²) in [6.07, 6.45) is 0. The summed E-state index contributed by atoms with van der Waals surface area (Å²) in [6, 6.07) is 17.0. The van der Waals surface area contributed by atoms with Crippen molar-refractivity contribution in [1.29, 1.82) is 0 Å². The number of hydrogen-bond donors (Lipinski definition) is 2. The molecule has 2 aromatic carbocycles. The Bertz CT molecular complexity index is 789. The Balaban J connectivity index is 2.04. The quantitative estimate of drug-likeness (QED) is 0.813. The molecule has 24 heavy (non-hydrogen) atoms. The summed E-state index contributed by atoms with van der Waals surface area (Å²) in [7, 11) is 0. The predicted octanol–water partition coefficient (Wildman–Crippen LogP) is 0.792. The van der Waals surface area contributed by atoms with Crippen LogP contribution in [0.4, 0.5) is 5.69 Å². The van der Waals surface area contributed by atoms with Gasteiger partial charge in [0.2, 0.25) is 5.91 Å². The first-order valence-corrected chi connectivity index (χ1v) is 7.35. The Labute approximate surface area is 138 Å². The highest BCUT2D eigenvalue weighted by molar-refractivity contribution is 6.20. The number of nitrogens with one attached hydrogen (secondary N) is 1. The maximum atomic E-state index is 12.5. The monoisotopic (exact) mass is 324 g/mol. The fourth-order valence-electron chi connectivity index (χ4n) is 2.62. The van der Waals surface area contributed by atoms with Crippen LogP contribution in [0.2, 0.25) is 0 Å². The maximum absolute atomic E-state index is 12.5. The summed E-state index contributed by atoms with van der Waals surface area (Å²) in [5.41, 5.74) is 5.05. The van der Waals surface area contributed by atoms with Crippen molar-refractivity contribution in [1.82, 2.24) is 5.48 Å². The van der Waals surface area contributed by atoms with Crippen molar-refractivity contribution < 1.29 is 14.5 Å². The zero-order valence-electron chi connectivity index (χ0n) is 12.8. The normalized spacial score (nSPS) is 13.8. The van der Waals surface area contributed by atoms with Gasteiger partial charge in [-0.1, -0.05) is 48.5 Å². The number of nitrogens with two attached hydrogens (primary N) is 1. The number of benzodiazepines with no additional fused rings is 1. The molecule has 1 aliphatic heterocycles. The van der Waals surface area contributed by atoms with E-state index in [1.165, 1.54) is 4.90 Å². The van der Waals surface area contributed by atoms with E-state index in [1.807, 2.05) is 54.0 Å². The Morgan fingerprint density at radius 3 is 2.62 bits per heavy atom. The van der Waals surface area contributed by atoms with E-state index in [9.17, 15) is 9.59 Å². The first-order chi connectivity index (χ1) is 11.7. The number of amides is 2. The molecule has 7 nitrogen and oxygen atoms in total. The smallest absolute Gasteiger partial charge is 0.265 e. The summed E-state index contributed by atoms with van der Waals surface area (Å²) < 4.78 is 0. The van der Waals surface area contributed by atoms with Gasteiger partial charge in [-0.15, -0.1) is 0 Å². The predicted molar refractivity (Wildman–Crippen MR) is 89.2 cm³/mol. The van der Waals surface area contributed by atoms with E-state index >= 15 is 0 Å². The first-order valence-electron chi connectivity index (χ1n) is 7.35. The molecule has 0 saturated heterocycles. The number of anilines is 1. The number of para-hydroxylation sites is 1. The molecule has 0 radical (unpaired) electrons. The molecular weight excluding hydrogens is 308 g/mol. The number of hydroxylamine groups is 1. The number of fused-ring (bicyclic) bond motifs is 1. The number of aliphatic imine (C=N–C) groups is 1. The molecule has 0 unspecified atom stereocenters. The van der Waals surface area contributed by atoms with Gasteiger partial charge >= 0.3 is 0 Å². The van der Waals surface area contributed by atoms with E-state index in [4.69, 9.17) is 5.90 Å². The van der Waals surface area contributed by atoms with Gasteiger partial charge in [0.25, 0.3) is 5.91 Å². The van der Waals surface area contributed by atoms with Crippen molar-refractivity contribution in [3.8, 4) is 0 Å². The van der Waals surface area contributed by atoms with Gasteiger partial charge in [-0.25, -0.2) is 5.48 Å². The zero-order chi connectivity index (χ0) is 16.9. The van der Waals surface area contributed by atoms with Gasteiger partial charge in [0.05, 0.1) is 11.4 Å². The molecule has 3 N–H and O–H groups in total. The summed E-state index contributed by atoms with van der Waals surface area (Å²) in [5, 5.41) is 0. The Hall–Kier alpha value is -3.03. The van der Waals surface area contributed by atoms with E-state index in [2.05, 4.69) is 9.93 Å². The van der Waals surface area contributed by atoms with Crippen LogP contribution in [0.3, 0.4) is 0 Å². The highest BCUT2D eigenvalue weighted by atomic mass is 16.8. The number of benzene rings is 2. The van der Waals surface area contributed by atoms with E-state index in [-0.39, 0.29) is 19.0 Å². The van der Waals surface area contributed by atoms with Crippen LogP contribution in [0.5, 0.6) is 0 Å². The van der Waals surface area contributed by atoms with E-state index in [0.717, 1.165) is 16.8 Å². The lowest BCUT2D eigenvalue weighted by Gasteiger charge is -2.22. The second kappa shape index (κ2) is 7.03. The third kappa shape index (κ3) is 3.17. The molecule has 0 aromatic heterocycles. The maximum Gasteiger partial charge on any atom is 0.265 e. The van der Waals surface area contributed by atoms with Gasteiger partial charge < -0.3 is 4.90 Å². The number of nitrogens with zero attached hydrogens (tertiary/aromatic N) is 2. The molecule has 122 valence electrons. The second-order valence-corrected chi connectivity index (χ2v) is 5.17.